The molecule has 0 aromatic carbocycles. The average Bonchev–Trinajstić information content (AvgIpc) is 2.28. The van der Waals surface area contributed by atoms with Gasteiger partial charge in [0.1, 0.15) is 4.99 Å². The number of hydrogen-bond donors (Lipinski definition) is 2. The van der Waals surface area contributed by atoms with E-state index in [2.05, 4.69) is 10.3 Å². The van der Waals surface area contributed by atoms with E-state index in [4.69, 9.17) is 18.0 Å². The van der Waals surface area contributed by atoms with E-state index in [1.807, 2.05) is 0 Å². The number of nitrogens with one attached hydrogen (secondary N) is 1. The van der Waals surface area contributed by atoms with Crippen LogP contribution in [0.1, 0.15) is 5.56 Å². The summed E-state index contributed by atoms with van der Waals surface area (Å²) in [5, 5.41) is 2.55. The van der Waals surface area contributed by atoms with Crippen molar-refractivity contribution in [3.05, 3.63) is 24.0 Å². The molecule has 0 radical (unpaired) electrons. The molecule has 0 saturated carbocycles. The third kappa shape index (κ3) is 2.90. The summed E-state index contributed by atoms with van der Waals surface area (Å²) in [6, 6.07) is 1.73. The van der Waals surface area contributed by atoms with Crippen molar-refractivity contribution in [2.75, 3.05) is 25.5 Å². The lowest BCUT2D eigenvalue weighted by Gasteiger charge is -2.20. The summed E-state index contributed by atoms with van der Waals surface area (Å²) >= 11 is 4.93. The second-order valence-corrected chi connectivity index (χ2v) is 3.73. The fourth-order valence-electron chi connectivity index (χ4n) is 1.28. The number of pyridine rings is 1. The number of amides is 1. The summed E-state index contributed by atoms with van der Waals surface area (Å²) in [5.74, 6) is -0.0831. The Bertz CT molecular complexity index is 408. The summed E-state index contributed by atoms with van der Waals surface area (Å²) in [5.41, 5.74) is 7.06. The van der Waals surface area contributed by atoms with Crippen molar-refractivity contribution < 1.29 is 4.79 Å². The highest BCUT2D eigenvalue weighted by Gasteiger charge is 2.11. The molecule has 16 heavy (non-hydrogen) atoms. The third-order valence-corrected chi connectivity index (χ3v) is 2.36. The standard InChI is InChI=1S/C10H14N4OS/c1-12-9(15)6-14(2)8-5-13-4-3-7(8)10(11)16/h3-5H,6H2,1-2H3,(H2,11,16)(H,12,15). The van der Waals surface area contributed by atoms with Gasteiger partial charge in [0, 0.05) is 25.9 Å². The largest absolute Gasteiger partial charge is 0.389 e. The molecular formula is C10H14N4OS. The van der Waals surface area contributed by atoms with Crippen LogP contribution in [0, 0.1) is 0 Å². The number of aromatic nitrogens is 1. The molecule has 0 bridgehead atoms. The molecular weight excluding hydrogens is 224 g/mol. The molecule has 0 aliphatic rings. The van der Waals surface area contributed by atoms with Gasteiger partial charge in [-0.2, -0.15) is 0 Å². The number of hydrogen-bond acceptors (Lipinski definition) is 4. The van der Waals surface area contributed by atoms with Crippen molar-refractivity contribution in [2.24, 2.45) is 5.73 Å². The van der Waals surface area contributed by atoms with E-state index in [0.717, 1.165) is 11.3 Å². The van der Waals surface area contributed by atoms with Gasteiger partial charge in [-0.15, -0.1) is 0 Å². The maximum atomic E-state index is 11.2. The van der Waals surface area contributed by atoms with Crippen LogP contribution in [0.2, 0.25) is 0 Å². The summed E-state index contributed by atoms with van der Waals surface area (Å²) in [6.07, 6.45) is 3.25. The topological polar surface area (TPSA) is 71.2 Å². The van der Waals surface area contributed by atoms with Crippen LogP contribution in [0.25, 0.3) is 0 Å². The zero-order valence-electron chi connectivity index (χ0n) is 9.23. The Morgan fingerprint density at radius 1 is 1.69 bits per heavy atom. The molecule has 0 aliphatic heterocycles. The first kappa shape index (κ1) is 12.4. The summed E-state index contributed by atoms with van der Waals surface area (Å²) in [6.45, 7) is 0.234. The molecule has 1 amide bonds. The average molecular weight is 238 g/mol. The highest BCUT2D eigenvalue weighted by Crippen LogP contribution is 2.17. The Hall–Kier alpha value is -1.69. The summed E-state index contributed by atoms with van der Waals surface area (Å²) < 4.78 is 0. The van der Waals surface area contributed by atoms with Crippen molar-refractivity contribution in [3.8, 4) is 0 Å². The second-order valence-electron chi connectivity index (χ2n) is 3.29. The summed E-state index contributed by atoms with van der Waals surface area (Å²) in [4.78, 5) is 17.3. The molecule has 0 fully saturated rings. The highest BCUT2D eigenvalue weighted by atomic mass is 32.1. The zero-order valence-corrected chi connectivity index (χ0v) is 10.0. The first-order valence-corrected chi connectivity index (χ1v) is 5.12. The first-order chi connectivity index (χ1) is 7.56. The molecule has 0 atom stereocenters. The molecule has 0 aliphatic carbocycles. The molecule has 5 nitrogen and oxygen atoms in total. The quantitative estimate of drug-likeness (QED) is 0.717. The second kappa shape index (κ2) is 5.41. The minimum absolute atomic E-state index is 0.0831. The van der Waals surface area contributed by atoms with Crippen LogP contribution in [0.5, 0.6) is 0 Å². The molecule has 1 rings (SSSR count). The van der Waals surface area contributed by atoms with E-state index in [0.29, 0.717) is 4.99 Å². The van der Waals surface area contributed by atoms with E-state index in [-0.39, 0.29) is 12.5 Å². The van der Waals surface area contributed by atoms with Gasteiger partial charge in [-0.05, 0) is 6.07 Å². The van der Waals surface area contributed by atoms with Crippen molar-refractivity contribution in [1.82, 2.24) is 10.3 Å². The van der Waals surface area contributed by atoms with Crippen LogP contribution >= 0.6 is 12.2 Å². The van der Waals surface area contributed by atoms with Gasteiger partial charge in [0.25, 0.3) is 0 Å². The smallest absolute Gasteiger partial charge is 0.239 e. The number of nitrogens with two attached hydrogens (primary N) is 1. The fraction of sp³-hybridized carbons (Fsp3) is 0.300. The molecule has 0 unspecified atom stereocenters. The minimum atomic E-state index is -0.0831. The Morgan fingerprint density at radius 2 is 2.38 bits per heavy atom. The molecule has 1 heterocycles. The van der Waals surface area contributed by atoms with Gasteiger partial charge in [0.15, 0.2) is 0 Å². The van der Waals surface area contributed by atoms with Crippen LogP contribution in [0.15, 0.2) is 18.5 Å². The van der Waals surface area contributed by atoms with E-state index in [1.54, 1.807) is 37.5 Å². The Kier molecular flexibility index (Phi) is 4.19. The van der Waals surface area contributed by atoms with Crippen molar-refractivity contribution in [2.45, 2.75) is 0 Å². The predicted molar refractivity (Wildman–Crippen MR) is 67.5 cm³/mol. The molecule has 3 N–H and O–H groups in total. The normalized spacial score (nSPS) is 9.62. The maximum absolute atomic E-state index is 11.2. The van der Waals surface area contributed by atoms with Crippen molar-refractivity contribution in [1.29, 1.82) is 0 Å². The SMILES string of the molecule is CNC(=O)CN(C)c1cnccc1C(N)=S. The Balaban J connectivity index is 2.94. The highest BCUT2D eigenvalue weighted by molar-refractivity contribution is 7.80. The molecule has 0 saturated heterocycles. The first-order valence-electron chi connectivity index (χ1n) is 4.71. The van der Waals surface area contributed by atoms with Gasteiger partial charge >= 0.3 is 0 Å². The number of rotatable bonds is 4. The number of carbonyl (C=O) groups excluding carboxylic acids is 1. The third-order valence-electron chi connectivity index (χ3n) is 2.14. The zero-order chi connectivity index (χ0) is 12.1. The van der Waals surface area contributed by atoms with Gasteiger partial charge in [0.2, 0.25) is 5.91 Å². The molecule has 1 aromatic rings. The summed E-state index contributed by atoms with van der Waals surface area (Å²) in [7, 11) is 3.38. The van der Waals surface area contributed by atoms with E-state index in [9.17, 15) is 4.79 Å². The van der Waals surface area contributed by atoms with Crippen LogP contribution in [0.3, 0.4) is 0 Å². The Labute approximate surface area is 99.6 Å². The van der Waals surface area contributed by atoms with E-state index in [1.165, 1.54) is 0 Å². The lowest BCUT2D eigenvalue weighted by molar-refractivity contribution is -0.119. The van der Waals surface area contributed by atoms with Gasteiger partial charge in [-0.3, -0.25) is 9.78 Å². The van der Waals surface area contributed by atoms with Gasteiger partial charge in [0.05, 0.1) is 18.4 Å². The minimum Gasteiger partial charge on any atom is -0.389 e. The lowest BCUT2D eigenvalue weighted by Crippen LogP contribution is -2.34. The molecule has 86 valence electrons. The van der Waals surface area contributed by atoms with Crippen LogP contribution < -0.4 is 16.0 Å². The Morgan fingerprint density at radius 3 is 2.94 bits per heavy atom. The fourth-order valence-corrected chi connectivity index (χ4v) is 1.45. The molecule has 6 heteroatoms. The van der Waals surface area contributed by atoms with Gasteiger partial charge in [-0.1, -0.05) is 12.2 Å². The number of likely N-dealkylation sites (N-methyl/N-ethyl adjacent to an activating group) is 2. The van der Waals surface area contributed by atoms with Crippen LogP contribution in [-0.2, 0) is 4.79 Å². The van der Waals surface area contributed by atoms with Gasteiger partial charge < -0.3 is 16.0 Å². The van der Waals surface area contributed by atoms with E-state index < -0.39 is 0 Å². The van der Waals surface area contributed by atoms with Crippen molar-refractivity contribution >= 4 is 28.8 Å². The van der Waals surface area contributed by atoms with Crippen molar-refractivity contribution in [3.63, 3.8) is 0 Å². The van der Waals surface area contributed by atoms with Crippen LogP contribution in [0.4, 0.5) is 5.69 Å². The number of nitrogens with zero attached hydrogens (tertiary/aromatic N) is 2. The monoisotopic (exact) mass is 238 g/mol. The maximum Gasteiger partial charge on any atom is 0.239 e. The molecule has 1 aromatic heterocycles. The lowest BCUT2D eigenvalue weighted by atomic mass is 10.2. The van der Waals surface area contributed by atoms with Gasteiger partial charge in [-0.25, -0.2) is 0 Å². The number of anilines is 1. The number of thiocarbonyl (C=S) groups is 1. The predicted octanol–water partition coefficient (Wildman–Crippen LogP) is -0.102. The van der Waals surface area contributed by atoms with E-state index >= 15 is 0 Å². The van der Waals surface area contributed by atoms with Crippen LogP contribution in [-0.4, -0.2) is 36.5 Å². The number of carbonyl (C=O) groups is 1. The molecule has 0 spiro atoms.